The molecule has 1 aliphatic rings. The Balaban J connectivity index is 1.83. The molecule has 1 saturated carbocycles. The number of benzene rings is 1. The molecule has 0 N–H and O–H groups in total. The van der Waals surface area contributed by atoms with Gasteiger partial charge in [0.05, 0.1) is 6.10 Å². The van der Waals surface area contributed by atoms with Crippen molar-refractivity contribution in [3.05, 3.63) is 34.9 Å². The van der Waals surface area contributed by atoms with Gasteiger partial charge in [-0.1, -0.05) is 23.7 Å². The molecule has 0 saturated heterocycles. The lowest BCUT2D eigenvalue weighted by atomic mass is 9.78. The second-order valence-electron chi connectivity index (χ2n) is 4.55. The number of Topliss-reactive ketones (excluding diaryl/α,β-unsaturated/α-hetero) is 1. The summed E-state index contributed by atoms with van der Waals surface area (Å²) in [4.78, 5) is 12.0. The van der Waals surface area contributed by atoms with Gasteiger partial charge in [0, 0.05) is 23.6 Å². The van der Waals surface area contributed by atoms with Crippen molar-refractivity contribution in [3.63, 3.8) is 0 Å². The van der Waals surface area contributed by atoms with Gasteiger partial charge in [0.15, 0.2) is 5.78 Å². The first kappa shape index (κ1) is 12.6. The van der Waals surface area contributed by atoms with Crippen molar-refractivity contribution >= 4 is 17.4 Å². The number of ketones is 1. The van der Waals surface area contributed by atoms with Gasteiger partial charge in [-0.25, -0.2) is 0 Å². The first-order valence-corrected chi connectivity index (χ1v) is 6.47. The number of halogens is 1. The molecule has 0 heterocycles. The highest BCUT2D eigenvalue weighted by molar-refractivity contribution is 6.31. The van der Waals surface area contributed by atoms with Crippen molar-refractivity contribution in [1.82, 2.24) is 0 Å². The molecule has 2 rings (SSSR count). The fourth-order valence-electron chi connectivity index (χ4n) is 2.25. The topological polar surface area (TPSA) is 26.3 Å². The largest absolute Gasteiger partial charge is 0.378 e. The lowest BCUT2D eigenvalue weighted by molar-refractivity contribution is -0.0246. The second-order valence-corrected chi connectivity index (χ2v) is 4.99. The van der Waals surface area contributed by atoms with Crippen LogP contribution in [0.25, 0.3) is 0 Å². The summed E-state index contributed by atoms with van der Waals surface area (Å²) in [6, 6.07) is 7.17. The molecular formula is C14H17ClO2. The molecule has 0 atom stereocenters. The molecule has 1 fully saturated rings. The molecule has 0 amide bonds. The smallest absolute Gasteiger partial charge is 0.163 e. The van der Waals surface area contributed by atoms with Gasteiger partial charge in [-0.3, -0.25) is 4.79 Å². The van der Waals surface area contributed by atoms with E-state index in [1.54, 1.807) is 12.1 Å². The van der Waals surface area contributed by atoms with Gasteiger partial charge in [-0.2, -0.15) is 0 Å². The van der Waals surface area contributed by atoms with Crippen LogP contribution < -0.4 is 0 Å². The standard InChI is InChI=1S/C14H17ClO2/c1-2-17-13-6-10(7-13)8-14(16)11-4-3-5-12(15)9-11/h3-5,9-10,13H,2,6-8H2,1H3. The fraction of sp³-hybridized carbons (Fsp3) is 0.500. The van der Waals surface area contributed by atoms with Gasteiger partial charge in [0.2, 0.25) is 0 Å². The van der Waals surface area contributed by atoms with Crippen molar-refractivity contribution < 1.29 is 9.53 Å². The Morgan fingerprint density at radius 1 is 1.47 bits per heavy atom. The molecule has 1 aromatic rings. The molecule has 1 aromatic carbocycles. The zero-order chi connectivity index (χ0) is 12.3. The van der Waals surface area contributed by atoms with E-state index in [2.05, 4.69) is 0 Å². The Hall–Kier alpha value is -0.860. The molecule has 0 radical (unpaired) electrons. The van der Waals surface area contributed by atoms with Crippen LogP contribution in [0.2, 0.25) is 5.02 Å². The maximum Gasteiger partial charge on any atom is 0.163 e. The van der Waals surface area contributed by atoms with Crippen LogP contribution >= 0.6 is 11.6 Å². The Morgan fingerprint density at radius 2 is 2.24 bits per heavy atom. The van der Waals surface area contributed by atoms with E-state index in [1.807, 2.05) is 19.1 Å². The van der Waals surface area contributed by atoms with Crippen LogP contribution in [0.5, 0.6) is 0 Å². The van der Waals surface area contributed by atoms with E-state index in [1.165, 1.54) is 0 Å². The molecule has 92 valence electrons. The molecular weight excluding hydrogens is 236 g/mol. The maximum atomic E-state index is 12.0. The lowest BCUT2D eigenvalue weighted by Gasteiger charge is -2.34. The average Bonchev–Trinajstić information content (AvgIpc) is 2.26. The van der Waals surface area contributed by atoms with Crippen molar-refractivity contribution in [1.29, 1.82) is 0 Å². The van der Waals surface area contributed by atoms with E-state index in [9.17, 15) is 4.79 Å². The van der Waals surface area contributed by atoms with Crippen LogP contribution in [0, 0.1) is 5.92 Å². The van der Waals surface area contributed by atoms with Crippen molar-refractivity contribution in [3.8, 4) is 0 Å². The highest BCUT2D eigenvalue weighted by Gasteiger charge is 2.31. The average molecular weight is 253 g/mol. The number of rotatable bonds is 5. The minimum Gasteiger partial charge on any atom is -0.378 e. The van der Waals surface area contributed by atoms with Crippen LogP contribution in [0.1, 0.15) is 36.5 Å². The number of carbonyl (C=O) groups excluding carboxylic acids is 1. The van der Waals surface area contributed by atoms with Crippen molar-refractivity contribution in [2.24, 2.45) is 5.92 Å². The number of ether oxygens (including phenoxy) is 1. The Labute approximate surface area is 107 Å². The van der Waals surface area contributed by atoms with E-state index in [4.69, 9.17) is 16.3 Å². The molecule has 0 aromatic heterocycles. The molecule has 17 heavy (non-hydrogen) atoms. The first-order valence-electron chi connectivity index (χ1n) is 6.09. The summed E-state index contributed by atoms with van der Waals surface area (Å²) >= 11 is 5.87. The highest BCUT2D eigenvalue weighted by atomic mass is 35.5. The normalized spacial score (nSPS) is 23.2. The van der Waals surface area contributed by atoms with E-state index in [0.29, 0.717) is 23.5 Å². The van der Waals surface area contributed by atoms with Crippen LogP contribution in [0.3, 0.4) is 0 Å². The third-order valence-corrected chi connectivity index (χ3v) is 3.45. The maximum absolute atomic E-state index is 12.0. The molecule has 0 spiro atoms. The Morgan fingerprint density at radius 3 is 2.88 bits per heavy atom. The lowest BCUT2D eigenvalue weighted by Crippen LogP contribution is -2.32. The summed E-state index contributed by atoms with van der Waals surface area (Å²) in [6.07, 6.45) is 3.02. The summed E-state index contributed by atoms with van der Waals surface area (Å²) < 4.78 is 5.48. The number of hydrogen-bond donors (Lipinski definition) is 0. The fourth-order valence-corrected chi connectivity index (χ4v) is 2.45. The van der Waals surface area contributed by atoms with Gasteiger partial charge in [-0.15, -0.1) is 0 Å². The van der Waals surface area contributed by atoms with E-state index < -0.39 is 0 Å². The monoisotopic (exact) mass is 252 g/mol. The quantitative estimate of drug-likeness (QED) is 0.747. The molecule has 0 unspecified atom stereocenters. The van der Waals surface area contributed by atoms with Crippen molar-refractivity contribution in [2.75, 3.05) is 6.61 Å². The highest BCUT2D eigenvalue weighted by Crippen LogP contribution is 2.33. The van der Waals surface area contributed by atoms with Crippen LogP contribution in [0.4, 0.5) is 0 Å². The predicted octanol–water partition coefficient (Wildman–Crippen LogP) is 3.73. The van der Waals surface area contributed by atoms with Crippen molar-refractivity contribution in [2.45, 2.75) is 32.3 Å². The molecule has 0 aliphatic heterocycles. The van der Waals surface area contributed by atoms with E-state index in [0.717, 1.165) is 25.0 Å². The third kappa shape index (κ3) is 3.30. The molecule has 1 aliphatic carbocycles. The summed E-state index contributed by atoms with van der Waals surface area (Å²) in [5, 5.41) is 0.622. The number of carbonyl (C=O) groups is 1. The van der Waals surface area contributed by atoms with Gasteiger partial charge in [-0.05, 0) is 37.8 Å². The number of hydrogen-bond acceptors (Lipinski definition) is 2. The van der Waals surface area contributed by atoms with E-state index >= 15 is 0 Å². The predicted molar refractivity (Wildman–Crippen MR) is 68.5 cm³/mol. The zero-order valence-electron chi connectivity index (χ0n) is 9.99. The summed E-state index contributed by atoms with van der Waals surface area (Å²) in [7, 11) is 0. The summed E-state index contributed by atoms with van der Waals surface area (Å²) in [5.41, 5.74) is 0.720. The Kier molecular flexibility index (Phi) is 4.19. The SMILES string of the molecule is CCOC1CC(CC(=O)c2cccc(Cl)c2)C1. The molecule has 2 nitrogen and oxygen atoms in total. The van der Waals surface area contributed by atoms with Gasteiger partial charge in [0.1, 0.15) is 0 Å². The second kappa shape index (κ2) is 5.65. The van der Waals surface area contributed by atoms with Gasteiger partial charge in [0.25, 0.3) is 0 Å². The van der Waals surface area contributed by atoms with Crippen LogP contribution in [0.15, 0.2) is 24.3 Å². The molecule has 0 bridgehead atoms. The van der Waals surface area contributed by atoms with Crippen LogP contribution in [-0.4, -0.2) is 18.5 Å². The molecule has 3 heteroatoms. The summed E-state index contributed by atoms with van der Waals surface area (Å²) in [5.74, 6) is 0.672. The third-order valence-electron chi connectivity index (χ3n) is 3.22. The zero-order valence-corrected chi connectivity index (χ0v) is 10.7. The van der Waals surface area contributed by atoms with Gasteiger partial charge < -0.3 is 4.74 Å². The van der Waals surface area contributed by atoms with Gasteiger partial charge >= 0.3 is 0 Å². The first-order chi connectivity index (χ1) is 8.19. The van der Waals surface area contributed by atoms with E-state index in [-0.39, 0.29) is 5.78 Å². The Bertz CT molecular complexity index is 397. The van der Waals surface area contributed by atoms with Crippen LogP contribution in [-0.2, 0) is 4.74 Å². The minimum absolute atomic E-state index is 0.187. The summed E-state index contributed by atoms with van der Waals surface area (Å²) in [6.45, 7) is 2.77. The minimum atomic E-state index is 0.187.